The molecule has 1 saturated heterocycles. The van der Waals surface area contributed by atoms with E-state index in [1.165, 1.54) is 47.4 Å². The van der Waals surface area contributed by atoms with Crippen molar-refractivity contribution in [3.63, 3.8) is 0 Å². The summed E-state index contributed by atoms with van der Waals surface area (Å²) in [6.07, 6.45) is 0.546. The second-order valence-electron chi connectivity index (χ2n) is 13.2. The third kappa shape index (κ3) is 7.34. The molecular formula is C37H40F3NO3Si. The molecule has 4 aromatic carbocycles. The smallest absolute Gasteiger partial charge is 0.233 e. The first-order chi connectivity index (χ1) is 21.3. The van der Waals surface area contributed by atoms with Gasteiger partial charge < -0.3 is 14.1 Å². The first kappa shape index (κ1) is 32.5. The predicted molar refractivity (Wildman–Crippen MR) is 174 cm³/mol. The maximum atomic E-state index is 15.8. The number of ether oxygens (including phenoxy) is 1. The Kier molecular flexibility index (Phi) is 9.56. The van der Waals surface area contributed by atoms with Crippen molar-refractivity contribution in [1.82, 2.24) is 0 Å². The van der Waals surface area contributed by atoms with Crippen LogP contribution < -0.4 is 9.64 Å². The second-order valence-corrected chi connectivity index (χ2v) is 17.9. The topological polar surface area (TPSA) is 38.8 Å². The van der Waals surface area contributed by atoms with E-state index in [1.807, 2.05) is 30.3 Å². The molecule has 0 aliphatic carbocycles. The van der Waals surface area contributed by atoms with E-state index in [0.29, 0.717) is 36.4 Å². The van der Waals surface area contributed by atoms with E-state index < -0.39 is 31.9 Å². The highest BCUT2D eigenvalue weighted by atomic mass is 28.4. The number of benzene rings is 4. The van der Waals surface area contributed by atoms with Gasteiger partial charge in [-0.1, -0.05) is 69.3 Å². The molecule has 2 unspecified atom stereocenters. The van der Waals surface area contributed by atoms with Gasteiger partial charge in [0.25, 0.3) is 0 Å². The number of hydrogen-bond donors (Lipinski definition) is 0. The SMILES string of the molecule is CC(C)(C)[Si](C)(C)O[C@@H](CCC1C(=O)N(c2ccc(F)cc2)C1c1ccc(OCc2ccccc2)cc1F)c1ccc(F)cc1. The number of β-lactam (4-membered cyclic amide) rings is 1. The number of nitrogens with zero attached hydrogens (tertiary/aromatic N) is 1. The summed E-state index contributed by atoms with van der Waals surface area (Å²) < 4.78 is 56.1. The maximum Gasteiger partial charge on any atom is 0.233 e. The molecule has 0 saturated carbocycles. The fraction of sp³-hybridized carbons (Fsp3) is 0.324. The molecule has 0 aromatic heterocycles. The Morgan fingerprint density at radius 2 is 1.47 bits per heavy atom. The number of carbonyl (C=O) groups is 1. The van der Waals surface area contributed by atoms with Crippen molar-refractivity contribution in [2.24, 2.45) is 5.92 Å². The van der Waals surface area contributed by atoms with E-state index in [-0.39, 0.29) is 22.9 Å². The van der Waals surface area contributed by atoms with Crippen molar-refractivity contribution < 1.29 is 27.1 Å². The van der Waals surface area contributed by atoms with Crippen molar-refractivity contribution >= 4 is 19.9 Å². The van der Waals surface area contributed by atoms with Crippen LogP contribution in [-0.2, 0) is 15.8 Å². The first-order valence-corrected chi connectivity index (χ1v) is 18.2. The van der Waals surface area contributed by atoms with Gasteiger partial charge in [-0.15, -0.1) is 0 Å². The molecule has 1 aliphatic rings. The molecule has 45 heavy (non-hydrogen) atoms. The molecule has 1 fully saturated rings. The Morgan fingerprint density at radius 3 is 2.07 bits per heavy atom. The molecule has 1 amide bonds. The Hall–Kier alpha value is -3.88. The van der Waals surface area contributed by atoms with Crippen LogP contribution in [0.15, 0.2) is 97.1 Å². The third-order valence-corrected chi connectivity index (χ3v) is 13.6. The molecule has 5 rings (SSSR count). The number of rotatable bonds is 11. The van der Waals surface area contributed by atoms with E-state index in [0.717, 1.165) is 11.1 Å². The highest BCUT2D eigenvalue weighted by Crippen LogP contribution is 2.48. The van der Waals surface area contributed by atoms with E-state index >= 15 is 4.39 Å². The summed E-state index contributed by atoms with van der Waals surface area (Å²) in [6.45, 7) is 11.1. The standard InChI is InChI=1S/C37H40F3NO3Si/c1-37(2,3)45(4,5)44-34(26-11-13-27(38)14-12-26)22-21-32-35(41(36(32)42)29-17-15-28(39)16-18-29)31-20-19-30(23-33(31)40)43-24-25-9-7-6-8-10-25/h6-20,23,32,34-35H,21-22,24H2,1-5H3/t32?,34-,35?/m0/s1. The predicted octanol–water partition coefficient (Wildman–Crippen LogP) is 9.93. The number of halogens is 3. The van der Waals surface area contributed by atoms with Gasteiger partial charge in [0.05, 0.1) is 18.1 Å². The lowest BCUT2D eigenvalue weighted by Crippen LogP contribution is -2.55. The summed E-state index contributed by atoms with van der Waals surface area (Å²) in [5, 5.41) is -0.0626. The number of hydrogen-bond acceptors (Lipinski definition) is 3. The number of amides is 1. The summed E-state index contributed by atoms with van der Waals surface area (Å²) in [4.78, 5) is 15.2. The second kappa shape index (κ2) is 13.2. The average molecular weight is 632 g/mol. The molecule has 0 bridgehead atoms. The lowest BCUT2D eigenvalue weighted by atomic mass is 9.78. The van der Waals surface area contributed by atoms with Gasteiger partial charge in [0.15, 0.2) is 8.32 Å². The van der Waals surface area contributed by atoms with Gasteiger partial charge in [0, 0.05) is 17.3 Å². The summed E-state index contributed by atoms with van der Waals surface area (Å²) in [6, 6.07) is 25.7. The van der Waals surface area contributed by atoms with Crippen LogP contribution in [-0.4, -0.2) is 14.2 Å². The highest BCUT2D eigenvalue weighted by Gasteiger charge is 2.50. The van der Waals surface area contributed by atoms with Gasteiger partial charge in [0.1, 0.15) is 29.8 Å². The molecule has 0 radical (unpaired) electrons. The summed E-state index contributed by atoms with van der Waals surface area (Å²) >= 11 is 0. The van der Waals surface area contributed by atoms with Gasteiger partial charge in [0.2, 0.25) is 5.91 Å². The van der Waals surface area contributed by atoms with Gasteiger partial charge in [-0.3, -0.25) is 4.79 Å². The number of carbonyl (C=O) groups excluding carboxylic acids is 1. The minimum atomic E-state index is -2.24. The maximum absolute atomic E-state index is 15.8. The zero-order valence-corrected chi connectivity index (χ0v) is 27.4. The monoisotopic (exact) mass is 631 g/mol. The van der Waals surface area contributed by atoms with Crippen LogP contribution in [0.2, 0.25) is 18.1 Å². The van der Waals surface area contributed by atoms with Crippen LogP contribution in [0, 0.1) is 23.4 Å². The molecule has 1 aliphatic heterocycles. The molecule has 236 valence electrons. The Bertz CT molecular complexity index is 1610. The Morgan fingerprint density at radius 1 is 0.844 bits per heavy atom. The zero-order chi connectivity index (χ0) is 32.4. The summed E-state index contributed by atoms with van der Waals surface area (Å²) in [7, 11) is -2.24. The fourth-order valence-corrected chi connectivity index (χ4v) is 6.81. The van der Waals surface area contributed by atoms with Crippen molar-refractivity contribution in [3.8, 4) is 5.75 Å². The van der Waals surface area contributed by atoms with E-state index in [2.05, 4.69) is 33.9 Å². The number of anilines is 1. The summed E-state index contributed by atoms with van der Waals surface area (Å²) in [5.41, 5.74) is 2.66. The van der Waals surface area contributed by atoms with Crippen LogP contribution in [0.1, 0.15) is 62.4 Å². The van der Waals surface area contributed by atoms with E-state index in [1.54, 1.807) is 24.3 Å². The van der Waals surface area contributed by atoms with Crippen LogP contribution in [0.4, 0.5) is 18.9 Å². The molecule has 0 N–H and O–H groups in total. The normalized spacial score (nSPS) is 17.6. The van der Waals surface area contributed by atoms with Crippen molar-refractivity contribution in [2.75, 3.05) is 4.90 Å². The van der Waals surface area contributed by atoms with E-state index in [4.69, 9.17) is 9.16 Å². The zero-order valence-electron chi connectivity index (χ0n) is 26.4. The van der Waals surface area contributed by atoms with Crippen molar-refractivity contribution in [1.29, 1.82) is 0 Å². The molecule has 4 aromatic rings. The molecule has 4 nitrogen and oxygen atoms in total. The molecular weight excluding hydrogens is 591 g/mol. The van der Waals surface area contributed by atoms with Crippen molar-refractivity contribution in [3.05, 3.63) is 131 Å². The fourth-order valence-electron chi connectivity index (χ4n) is 5.49. The van der Waals surface area contributed by atoms with Gasteiger partial charge in [-0.2, -0.15) is 0 Å². The van der Waals surface area contributed by atoms with Crippen LogP contribution >= 0.6 is 0 Å². The van der Waals surface area contributed by atoms with Crippen LogP contribution in [0.3, 0.4) is 0 Å². The Labute approximate surface area is 264 Å². The van der Waals surface area contributed by atoms with E-state index in [9.17, 15) is 13.6 Å². The first-order valence-electron chi connectivity index (χ1n) is 15.3. The highest BCUT2D eigenvalue weighted by molar-refractivity contribution is 6.74. The molecule has 1 heterocycles. The summed E-state index contributed by atoms with van der Waals surface area (Å²) in [5.74, 6) is -1.55. The van der Waals surface area contributed by atoms with Gasteiger partial charge >= 0.3 is 0 Å². The van der Waals surface area contributed by atoms with Gasteiger partial charge in [-0.05, 0) is 84.6 Å². The minimum Gasteiger partial charge on any atom is -0.489 e. The quantitative estimate of drug-likeness (QED) is 0.122. The van der Waals surface area contributed by atoms with Gasteiger partial charge in [-0.25, -0.2) is 13.2 Å². The molecule has 8 heteroatoms. The van der Waals surface area contributed by atoms with Crippen LogP contribution in [0.25, 0.3) is 0 Å². The third-order valence-electron chi connectivity index (χ3n) is 9.08. The molecule has 0 spiro atoms. The van der Waals surface area contributed by atoms with Crippen molar-refractivity contribution in [2.45, 2.75) is 70.5 Å². The molecule has 3 atom stereocenters. The largest absolute Gasteiger partial charge is 0.489 e. The lowest BCUT2D eigenvalue weighted by molar-refractivity contribution is -0.131. The Balaban J connectivity index is 1.41. The average Bonchev–Trinajstić information content (AvgIpc) is 3.00. The van der Waals surface area contributed by atoms with Crippen LogP contribution in [0.5, 0.6) is 5.75 Å². The lowest BCUT2D eigenvalue weighted by Gasteiger charge is -2.48. The minimum absolute atomic E-state index is 0.0626.